The van der Waals surface area contributed by atoms with Gasteiger partial charge in [0.1, 0.15) is 0 Å². The van der Waals surface area contributed by atoms with Gasteiger partial charge in [-0.1, -0.05) is 24.1 Å². The van der Waals surface area contributed by atoms with Crippen molar-refractivity contribution < 1.29 is 21.6 Å². The van der Waals surface area contributed by atoms with Gasteiger partial charge in [-0.25, -0.2) is 16.8 Å². The molecule has 8 nitrogen and oxygen atoms in total. The van der Waals surface area contributed by atoms with Crippen LogP contribution in [0.1, 0.15) is 40.7 Å². The summed E-state index contributed by atoms with van der Waals surface area (Å²) in [5.41, 5.74) is 2.72. The number of sulfonamides is 2. The normalized spacial score (nSPS) is 14.8. The number of anilines is 2. The molecule has 3 aromatic carbocycles. The Morgan fingerprint density at radius 2 is 1.39 bits per heavy atom. The Morgan fingerprint density at radius 1 is 0.778 bits per heavy atom. The third-order valence-corrected chi connectivity index (χ3v) is 9.42. The van der Waals surface area contributed by atoms with Crippen molar-refractivity contribution in [1.29, 1.82) is 0 Å². The number of nitrogens with zero attached hydrogens (tertiary/aromatic N) is 1. The molecule has 0 atom stereocenters. The fourth-order valence-electron chi connectivity index (χ4n) is 4.01. The molecule has 4 rings (SSSR count). The van der Waals surface area contributed by atoms with Crippen LogP contribution in [0.3, 0.4) is 0 Å². The fourth-order valence-corrected chi connectivity index (χ4v) is 6.66. The Labute approximate surface area is 212 Å². The van der Waals surface area contributed by atoms with Gasteiger partial charge in [0.05, 0.1) is 15.5 Å². The van der Waals surface area contributed by atoms with Crippen LogP contribution in [0.2, 0.25) is 0 Å². The van der Waals surface area contributed by atoms with E-state index >= 15 is 0 Å². The summed E-state index contributed by atoms with van der Waals surface area (Å²) >= 11 is 0. The van der Waals surface area contributed by atoms with E-state index in [-0.39, 0.29) is 9.79 Å². The van der Waals surface area contributed by atoms with Gasteiger partial charge in [-0.05, 0) is 86.8 Å². The number of benzene rings is 3. The third-order valence-electron chi connectivity index (χ3n) is 6.13. The minimum Gasteiger partial charge on any atom is -0.322 e. The van der Waals surface area contributed by atoms with E-state index in [1.165, 1.54) is 34.6 Å². The molecule has 0 radical (unpaired) electrons. The Hall–Kier alpha value is -3.21. The first-order chi connectivity index (χ1) is 17.1. The molecule has 2 N–H and O–H groups in total. The lowest BCUT2D eigenvalue weighted by Gasteiger charge is -2.25. The first-order valence-electron chi connectivity index (χ1n) is 11.7. The highest BCUT2D eigenvalue weighted by Crippen LogP contribution is 2.24. The fraction of sp³-hybridized carbons (Fsp3) is 0.269. The standard InChI is InChI=1S/C26H29N3O5S2/c1-19-6-11-23(12-7-19)35(31,32)28-25-15-8-21(18-20(25)2)26(30)27-22-9-13-24(14-10-22)36(33,34)29-16-4-3-5-17-29/h6-15,18,28H,3-5,16-17H2,1-2H3,(H,27,30). The number of carbonyl (C=O) groups excluding carboxylic acids is 1. The molecule has 1 amide bonds. The summed E-state index contributed by atoms with van der Waals surface area (Å²) in [6, 6.07) is 17.3. The molecule has 1 saturated heterocycles. The Morgan fingerprint density at radius 3 is 2.00 bits per heavy atom. The monoisotopic (exact) mass is 527 g/mol. The molecule has 190 valence electrons. The largest absolute Gasteiger partial charge is 0.322 e. The van der Waals surface area contributed by atoms with Crippen molar-refractivity contribution in [3.8, 4) is 0 Å². The lowest BCUT2D eigenvalue weighted by molar-refractivity contribution is 0.102. The van der Waals surface area contributed by atoms with Crippen molar-refractivity contribution in [2.24, 2.45) is 0 Å². The average Bonchev–Trinajstić information content (AvgIpc) is 2.86. The maximum atomic E-state index is 12.8. The predicted octanol–water partition coefficient (Wildman–Crippen LogP) is 4.53. The van der Waals surface area contributed by atoms with Crippen LogP contribution >= 0.6 is 0 Å². The van der Waals surface area contributed by atoms with Gasteiger partial charge >= 0.3 is 0 Å². The summed E-state index contributed by atoms with van der Waals surface area (Å²) < 4.78 is 55.1. The highest BCUT2D eigenvalue weighted by atomic mass is 32.2. The van der Waals surface area contributed by atoms with E-state index < -0.39 is 26.0 Å². The topological polar surface area (TPSA) is 113 Å². The van der Waals surface area contributed by atoms with Gasteiger partial charge in [0.15, 0.2) is 0 Å². The second-order valence-corrected chi connectivity index (χ2v) is 12.5. The smallest absolute Gasteiger partial charge is 0.261 e. The first kappa shape index (κ1) is 25.9. The van der Waals surface area contributed by atoms with E-state index in [1.807, 2.05) is 6.92 Å². The summed E-state index contributed by atoms with van der Waals surface area (Å²) in [5, 5.41) is 2.76. The minimum atomic E-state index is -3.76. The molecule has 0 spiro atoms. The quantitative estimate of drug-likeness (QED) is 0.469. The molecular formula is C26H29N3O5S2. The van der Waals surface area contributed by atoms with Crippen molar-refractivity contribution in [1.82, 2.24) is 4.31 Å². The Bertz CT molecular complexity index is 1460. The number of piperidine rings is 1. The molecule has 1 aliphatic rings. The number of aryl methyl sites for hydroxylation is 2. The van der Waals surface area contributed by atoms with Gasteiger partial charge in [-0.15, -0.1) is 0 Å². The van der Waals surface area contributed by atoms with E-state index in [9.17, 15) is 21.6 Å². The van der Waals surface area contributed by atoms with Crippen LogP contribution in [0.4, 0.5) is 11.4 Å². The van der Waals surface area contributed by atoms with Crippen molar-refractivity contribution in [3.05, 3.63) is 83.4 Å². The molecule has 0 aliphatic carbocycles. The summed E-state index contributed by atoms with van der Waals surface area (Å²) in [5.74, 6) is -0.391. The molecule has 1 heterocycles. The van der Waals surface area contributed by atoms with Crippen LogP contribution in [0, 0.1) is 13.8 Å². The number of carbonyl (C=O) groups is 1. The molecule has 1 fully saturated rings. The third kappa shape index (κ3) is 5.77. The van der Waals surface area contributed by atoms with Gasteiger partial charge in [0, 0.05) is 24.3 Å². The zero-order valence-electron chi connectivity index (χ0n) is 20.2. The number of amides is 1. The second kappa shape index (κ2) is 10.4. The van der Waals surface area contributed by atoms with Crippen molar-refractivity contribution in [2.45, 2.75) is 42.9 Å². The lowest BCUT2D eigenvalue weighted by atomic mass is 10.1. The number of hydrogen-bond donors (Lipinski definition) is 2. The lowest BCUT2D eigenvalue weighted by Crippen LogP contribution is -2.35. The van der Waals surface area contributed by atoms with E-state index in [0.29, 0.717) is 35.6 Å². The molecule has 10 heteroatoms. The van der Waals surface area contributed by atoms with Gasteiger partial charge < -0.3 is 5.32 Å². The van der Waals surface area contributed by atoms with Crippen LogP contribution in [-0.2, 0) is 20.0 Å². The number of hydrogen-bond acceptors (Lipinski definition) is 5. The molecule has 1 aliphatic heterocycles. The van der Waals surface area contributed by atoms with Crippen LogP contribution < -0.4 is 10.0 Å². The van der Waals surface area contributed by atoms with Gasteiger partial charge in [-0.2, -0.15) is 4.31 Å². The van der Waals surface area contributed by atoms with E-state index in [4.69, 9.17) is 0 Å². The molecule has 0 saturated carbocycles. The van der Waals surface area contributed by atoms with Crippen molar-refractivity contribution in [3.63, 3.8) is 0 Å². The SMILES string of the molecule is Cc1ccc(S(=O)(=O)Nc2ccc(C(=O)Nc3ccc(S(=O)(=O)N4CCCCC4)cc3)cc2C)cc1. The van der Waals surface area contributed by atoms with Gasteiger partial charge in [-0.3, -0.25) is 9.52 Å². The summed E-state index contributed by atoms with van der Waals surface area (Å²) in [7, 11) is -7.30. The molecule has 3 aromatic rings. The van der Waals surface area contributed by atoms with Gasteiger partial charge in [0.25, 0.3) is 15.9 Å². The Kier molecular flexibility index (Phi) is 7.49. The highest BCUT2D eigenvalue weighted by molar-refractivity contribution is 7.92. The highest BCUT2D eigenvalue weighted by Gasteiger charge is 2.25. The van der Waals surface area contributed by atoms with Crippen molar-refractivity contribution >= 4 is 37.3 Å². The molecule has 0 aromatic heterocycles. The number of nitrogens with one attached hydrogen (secondary N) is 2. The van der Waals surface area contributed by atoms with Crippen LogP contribution in [-0.4, -0.2) is 40.1 Å². The van der Waals surface area contributed by atoms with E-state index in [1.54, 1.807) is 43.3 Å². The Balaban J connectivity index is 1.44. The van der Waals surface area contributed by atoms with Crippen LogP contribution in [0.5, 0.6) is 0 Å². The van der Waals surface area contributed by atoms with Crippen LogP contribution in [0.25, 0.3) is 0 Å². The van der Waals surface area contributed by atoms with Crippen molar-refractivity contribution in [2.75, 3.05) is 23.1 Å². The summed E-state index contributed by atoms with van der Waals surface area (Å²) in [4.78, 5) is 13.1. The minimum absolute atomic E-state index is 0.153. The zero-order valence-corrected chi connectivity index (χ0v) is 21.8. The molecule has 0 bridgehead atoms. The molecule has 36 heavy (non-hydrogen) atoms. The van der Waals surface area contributed by atoms with E-state index in [2.05, 4.69) is 10.0 Å². The number of rotatable bonds is 7. The molecule has 0 unspecified atom stereocenters. The van der Waals surface area contributed by atoms with Crippen LogP contribution in [0.15, 0.2) is 76.5 Å². The zero-order chi connectivity index (χ0) is 25.9. The molecular weight excluding hydrogens is 498 g/mol. The summed E-state index contributed by atoms with van der Waals surface area (Å²) in [6.07, 6.45) is 2.76. The van der Waals surface area contributed by atoms with E-state index in [0.717, 1.165) is 24.8 Å². The average molecular weight is 528 g/mol. The first-order valence-corrected chi connectivity index (χ1v) is 14.6. The predicted molar refractivity (Wildman–Crippen MR) is 140 cm³/mol. The van der Waals surface area contributed by atoms with Gasteiger partial charge in [0.2, 0.25) is 10.0 Å². The summed E-state index contributed by atoms with van der Waals surface area (Å²) in [6.45, 7) is 4.64. The maximum absolute atomic E-state index is 12.8. The maximum Gasteiger partial charge on any atom is 0.261 e. The second-order valence-electron chi connectivity index (χ2n) is 8.89.